The summed E-state index contributed by atoms with van der Waals surface area (Å²) in [5.41, 5.74) is 0.953. The summed E-state index contributed by atoms with van der Waals surface area (Å²) in [6.45, 7) is 2.89. The van der Waals surface area contributed by atoms with Crippen LogP contribution in [0.25, 0.3) is 0 Å². The molecule has 0 saturated carbocycles. The van der Waals surface area contributed by atoms with Crippen LogP contribution in [0.4, 0.5) is 5.69 Å². The van der Waals surface area contributed by atoms with Crippen LogP contribution in [-0.2, 0) is 4.74 Å². The van der Waals surface area contributed by atoms with Gasteiger partial charge in [0.05, 0.1) is 32.1 Å². The highest BCUT2D eigenvalue weighted by Gasteiger charge is 2.24. The zero-order valence-electron chi connectivity index (χ0n) is 10.5. The van der Waals surface area contributed by atoms with Gasteiger partial charge in [0.2, 0.25) is 0 Å². The molecule has 2 unspecified atom stereocenters. The van der Waals surface area contributed by atoms with Crippen LogP contribution in [0.5, 0.6) is 11.5 Å². The van der Waals surface area contributed by atoms with Gasteiger partial charge in [-0.3, -0.25) is 0 Å². The molecule has 0 radical (unpaired) electrons. The molecular weight excluding hydrogens is 218 g/mol. The number of methoxy groups -OCH3 is 2. The van der Waals surface area contributed by atoms with E-state index < -0.39 is 0 Å². The lowest BCUT2D eigenvalue weighted by Crippen LogP contribution is -2.26. The van der Waals surface area contributed by atoms with Gasteiger partial charge < -0.3 is 19.5 Å². The van der Waals surface area contributed by atoms with Gasteiger partial charge in [-0.1, -0.05) is 0 Å². The third-order valence-electron chi connectivity index (χ3n) is 3.12. The Morgan fingerprint density at radius 3 is 2.71 bits per heavy atom. The second-order valence-electron chi connectivity index (χ2n) is 4.18. The molecule has 0 aliphatic carbocycles. The number of hydrogen-bond donors (Lipinski definition) is 1. The molecule has 1 saturated heterocycles. The first-order valence-electron chi connectivity index (χ1n) is 5.84. The number of nitrogens with one attached hydrogen (secondary N) is 1. The molecule has 1 heterocycles. The van der Waals surface area contributed by atoms with Crippen LogP contribution in [0.15, 0.2) is 18.2 Å². The Labute approximate surface area is 102 Å². The van der Waals surface area contributed by atoms with Gasteiger partial charge in [0.25, 0.3) is 0 Å². The molecule has 1 aliphatic rings. The Hall–Kier alpha value is -1.42. The van der Waals surface area contributed by atoms with Crippen molar-refractivity contribution in [2.75, 3.05) is 26.1 Å². The number of hydrogen-bond acceptors (Lipinski definition) is 4. The van der Waals surface area contributed by atoms with Crippen LogP contribution < -0.4 is 14.8 Å². The molecule has 1 aromatic rings. The molecule has 2 rings (SSSR count). The van der Waals surface area contributed by atoms with Crippen molar-refractivity contribution in [3.63, 3.8) is 0 Å². The number of benzene rings is 1. The van der Waals surface area contributed by atoms with Gasteiger partial charge in [-0.05, 0) is 25.5 Å². The molecule has 1 N–H and O–H groups in total. The summed E-state index contributed by atoms with van der Waals surface area (Å²) in [5.74, 6) is 1.64. The Kier molecular flexibility index (Phi) is 3.74. The Morgan fingerprint density at radius 1 is 1.29 bits per heavy atom. The Bertz CT molecular complexity index is 381. The first-order valence-corrected chi connectivity index (χ1v) is 5.84. The fourth-order valence-electron chi connectivity index (χ4n) is 2.05. The van der Waals surface area contributed by atoms with Crippen LogP contribution in [0.3, 0.4) is 0 Å². The van der Waals surface area contributed by atoms with Crippen molar-refractivity contribution in [2.45, 2.75) is 25.5 Å². The maximum atomic E-state index is 5.53. The molecule has 17 heavy (non-hydrogen) atoms. The Balaban J connectivity index is 2.17. The van der Waals surface area contributed by atoms with Gasteiger partial charge in [-0.2, -0.15) is 0 Å². The minimum Gasteiger partial charge on any atom is -0.497 e. The number of anilines is 1. The molecular formula is C13H19NO3. The molecule has 0 amide bonds. The third kappa shape index (κ3) is 2.64. The highest BCUT2D eigenvalue weighted by Crippen LogP contribution is 2.31. The molecule has 0 aromatic heterocycles. The summed E-state index contributed by atoms with van der Waals surface area (Å²) in [6.07, 6.45) is 1.24. The molecule has 1 aliphatic heterocycles. The maximum Gasteiger partial charge on any atom is 0.142 e. The van der Waals surface area contributed by atoms with Crippen molar-refractivity contribution in [1.82, 2.24) is 0 Å². The standard InChI is InChI=1S/C13H19NO3/c1-9-11(6-7-17-9)14-12-8-10(15-2)4-5-13(12)16-3/h4-5,8-9,11,14H,6-7H2,1-3H3. The topological polar surface area (TPSA) is 39.7 Å². The van der Waals surface area contributed by atoms with E-state index >= 15 is 0 Å². The van der Waals surface area contributed by atoms with Crippen LogP contribution in [0.2, 0.25) is 0 Å². The van der Waals surface area contributed by atoms with Crippen molar-refractivity contribution >= 4 is 5.69 Å². The van der Waals surface area contributed by atoms with E-state index in [0.717, 1.165) is 30.2 Å². The quantitative estimate of drug-likeness (QED) is 0.872. The number of rotatable bonds is 4. The van der Waals surface area contributed by atoms with E-state index in [4.69, 9.17) is 14.2 Å². The van der Waals surface area contributed by atoms with E-state index in [9.17, 15) is 0 Å². The smallest absolute Gasteiger partial charge is 0.142 e. The first-order chi connectivity index (χ1) is 8.24. The van der Waals surface area contributed by atoms with Gasteiger partial charge in [0, 0.05) is 12.7 Å². The zero-order valence-corrected chi connectivity index (χ0v) is 10.5. The van der Waals surface area contributed by atoms with Crippen molar-refractivity contribution in [3.05, 3.63) is 18.2 Å². The van der Waals surface area contributed by atoms with Crippen molar-refractivity contribution in [2.24, 2.45) is 0 Å². The molecule has 94 valence electrons. The minimum atomic E-state index is 0.228. The average molecular weight is 237 g/mol. The van der Waals surface area contributed by atoms with Gasteiger partial charge in [0.15, 0.2) is 0 Å². The summed E-state index contributed by atoms with van der Waals surface area (Å²) in [5, 5.41) is 3.45. The van der Waals surface area contributed by atoms with E-state index in [1.54, 1.807) is 14.2 Å². The number of ether oxygens (including phenoxy) is 3. The lowest BCUT2D eigenvalue weighted by atomic mass is 10.1. The van der Waals surface area contributed by atoms with Crippen LogP contribution >= 0.6 is 0 Å². The van der Waals surface area contributed by atoms with E-state index in [1.807, 2.05) is 18.2 Å². The summed E-state index contributed by atoms with van der Waals surface area (Å²) >= 11 is 0. The molecule has 2 atom stereocenters. The normalized spacial score (nSPS) is 23.5. The fourth-order valence-corrected chi connectivity index (χ4v) is 2.05. The molecule has 4 heteroatoms. The molecule has 0 bridgehead atoms. The Morgan fingerprint density at radius 2 is 2.12 bits per heavy atom. The monoisotopic (exact) mass is 237 g/mol. The van der Waals surface area contributed by atoms with E-state index in [0.29, 0.717) is 6.04 Å². The lowest BCUT2D eigenvalue weighted by molar-refractivity contribution is 0.121. The van der Waals surface area contributed by atoms with Gasteiger partial charge in [-0.15, -0.1) is 0 Å². The van der Waals surface area contributed by atoms with E-state index in [2.05, 4.69) is 12.2 Å². The van der Waals surface area contributed by atoms with Gasteiger partial charge in [0.1, 0.15) is 11.5 Å². The van der Waals surface area contributed by atoms with Crippen LogP contribution in [-0.4, -0.2) is 33.0 Å². The predicted octanol–water partition coefficient (Wildman–Crippen LogP) is 2.29. The van der Waals surface area contributed by atoms with Gasteiger partial charge >= 0.3 is 0 Å². The van der Waals surface area contributed by atoms with Crippen molar-refractivity contribution < 1.29 is 14.2 Å². The molecule has 4 nitrogen and oxygen atoms in total. The highest BCUT2D eigenvalue weighted by atomic mass is 16.5. The van der Waals surface area contributed by atoms with E-state index in [-0.39, 0.29) is 6.10 Å². The first kappa shape index (κ1) is 12.0. The summed E-state index contributed by atoms with van der Waals surface area (Å²) in [7, 11) is 3.33. The van der Waals surface area contributed by atoms with Crippen molar-refractivity contribution in [1.29, 1.82) is 0 Å². The SMILES string of the molecule is COc1ccc(OC)c(NC2CCOC2C)c1. The predicted molar refractivity (Wildman–Crippen MR) is 67.0 cm³/mol. The average Bonchev–Trinajstić information content (AvgIpc) is 2.75. The lowest BCUT2D eigenvalue weighted by Gasteiger charge is -2.19. The highest BCUT2D eigenvalue weighted by molar-refractivity contribution is 5.60. The maximum absolute atomic E-state index is 5.53. The third-order valence-corrected chi connectivity index (χ3v) is 3.12. The van der Waals surface area contributed by atoms with Gasteiger partial charge in [-0.25, -0.2) is 0 Å². The molecule has 0 spiro atoms. The fraction of sp³-hybridized carbons (Fsp3) is 0.538. The summed E-state index contributed by atoms with van der Waals surface area (Å²) in [4.78, 5) is 0. The van der Waals surface area contributed by atoms with E-state index in [1.165, 1.54) is 0 Å². The molecule has 1 aromatic carbocycles. The van der Waals surface area contributed by atoms with Crippen LogP contribution in [0, 0.1) is 0 Å². The summed E-state index contributed by atoms with van der Waals surface area (Å²) in [6, 6.07) is 6.07. The van der Waals surface area contributed by atoms with Crippen LogP contribution in [0.1, 0.15) is 13.3 Å². The minimum absolute atomic E-state index is 0.228. The summed E-state index contributed by atoms with van der Waals surface area (Å²) < 4.78 is 16.1. The zero-order chi connectivity index (χ0) is 12.3. The molecule has 1 fully saturated rings. The van der Waals surface area contributed by atoms with Crippen molar-refractivity contribution in [3.8, 4) is 11.5 Å². The second-order valence-corrected chi connectivity index (χ2v) is 4.18. The largest absolute Gasteiger partial charge is 0.497 e. The second kappa shape index (κ2) is 5.27.